The van der Waals surface area contributed by atoms with Crippen molar-refractivity contribution in [2.45, 2.75) is 76.3 Å². The van der Waals surface area contributed by atoms with Gasteiger partial charge < -0.3 is 19.4 Å². The molecule has 1 spiro atoms. The molecule has 1 aliphatic heterocycles. The van der Waals surface area contributed by atoms with Gasteiger partial charge in [-0.3, -0.25) is 0 Å². The van der Waals surface area contributed by atoms with Gasteiger partial charge in [-0.2, -0.15) is 0 Å². The summed E-state index contributed by atoms with van der Waals surface area (Å²) in [6.45, 7) is 5.70. The average Bonchev–Trinajstić information content (AvgIpc) is 3.26. The lowest BCUT2D eigenvalue weighted by Gasteiger charge is -2.60. The summed E-state index contributed by atoms with van der Waals surface area (Å²) in [4.78, 5) is 16.7. The average molecular weight is 402 g/mol. The van der Waals surface area contributed by atoms with Gasteiger partial charge in [-0.1, -0.05) is 31.4 Å². The third-order valence-electron chi connectivity index (χ3n) is 9.41. The number of rotatable bonds is 2. The fourth-order valence-electron chi connectivity index (χ4n) is 7.84. The van der Waals surface area contributed by atoms with Crippen molar-refractivity contribution in [1.29, 1.82) is 0 Å². The van der Waals surface area contributed by atoms with E-state index in [2.05, 4.69) is 31.2 Å². The molecular weight excluding hydrogens is 370 g/mol. The van der Waals surface area contributed by atoms with E-state index in [1.807, 2.05) is 0 Å². The Hall–Kier alpha value is -1.42. The van der Waals surface area contributed by atoms with Gasteiger partial charge in [-0.15, -0.1) is 11.3 Å². The lowest BCUT2D eigenvalue weighted by atomic mass is 9.46. The Bertz CT molecular complexity index is 783. The molecule has 4 fully saturated rings. The van der Waals surface area contributed by atoms with E-state index >= 15 is 0 Å². The van der Waals surface area contributed by atoms with Crippen LogP contribution in [0.5, 0.6) is 0 Å². The quantitative estimate of drug-likeness (QED) is 0.330. The molecule has 1 heterocycles. The van der Waals surface area contributed by atoms with Crippen LogP contribution in [0.1, 0.15) is 58.8 Å². The topological polar surface area (TPSA) is 77.4 Å². The van der Waals surface area contributed by atoms with Crippen LogP contribution in [0.2, 0.25) is 0 Å². The lowest BCUT2D eigenvalue weighted by Crippen LogP contribution is -2.60. The minimum Gasteiger partial charge on any atom is -0.377 e. The summed E-state index contributed by atoms with van der Waals surface area (Å²) in [6, 6.07) is 0. The van der Waals surface area contributed by atoms with Crippen molar-refractivity contribution in [3.63, 3.8) is 0 Å². The molecule has 1 N–H and O–H groups in total. The summed E-state index contributed by atoms with van der Waals surface area (Å²) in [7, 11) is 0. The van der Waals surface area contributed by atoms with E-state index in [1.165, 1.54) is 5.57 Å². The third kappa shape index (κ3) is 2.47. The van der Waals surface area contributed by atoms with Crippen molar-refractivity contribution in [3.8, 4) is 12.3 Å². The van der Waals surface area contributed by atoms with Crippen LogP contribution in [0.4, 0.5) is 0 Å². The maximum absolute atomic E-state index is 11.2. The van der Waals surface area contributed by atoms with E-state index in [1.54, 1.807) is 0 Å². The first-order chi connectivity index (χ1) is 13.8. The summed E-state index contributed by atoms with van der Waals surface area (Å²) < 4.78 is 12.0. The van der Waals surface area contributed by atoms with Crippen LogP contribution in [0, 0.1) is 45.8 Å². The van der Waals surface area contributed by atoms with Crippen LogP contribution in [0.3, 0.4) is 0 Å². The number of hydrogen-bond donors (Lipinski definition) is 1. The summed E-state index contributed by atoms with van der Waals surface area (Å²) >= 11 is 0. The number of terminal acetylenes is 1. The summed E-state index contributed by atoms with van der Waals surface area (Å²) in [6.07, 6.45) is 13.4. The van der Waals surface area contributed by atoms with E-state index in [9.17, 15) is 10.0 Å². The number of fused-ring (bicyclic) bond motifs is 5. The summed E-state index contributed by atoms with van der Waals surface area (Å²) in [5, 5.41) is 14.1. The van der Waals surface area contributed by atoms with Crippen LogP contribution in [0.25, 0.3) is 0 Å². The molecule has 7 atom stereocenters. The number of allylic oxidation sites excluding steroid dienone is 1. The van der Waals surface area contributed by atoms with Crippen LogP contribution >= 0.6 is 0 Å². The highest BCUT2D eigenvalue weighted by molar-refractivity contribution is 5.30. The molecule has 0 aromatic carbocycles. The van der Waals surface area contributed by atoms with Gasteiger partial charge in [0.25, 0.3) is 0 Å². The first-order valence-corrected chi connectivity index (χ1v) is 11.0. The fourth-order valence-corrected chi connectivity index (χ4v) is 7.84. The molecule has 158 valence electrons. The molecule has 0 aromatic rings. The second-order valence-electron chi connectivity index (χ2n) is 10.3. The number of hydrogen-bond acceptors (Lipinski definition) is 6. The maximum atomic E-state index is 11.2. The molecule has 5 aliphatic rings. The van der Waals surface area contributed by atoms with Gasteiger partial charge in [-0.25, -0.2) is 0 Å². The SMILES string of the molecule is C#C[C@]1(O)CC[C@H]2[C@@H]3CC=C4CC5(CC[C@]4(C)[C@H]3[C@@H](ON=O)C[C@@]21C)OCCO5. The Morgan fingerprint density at radius 3 is 2.72 bits per heavy atom. The van der Waals surface area contributed by atoms with Gasteiger partial charge in [0.2, 0.25) is 0 Å². The van der Waals surface area contributed by atoms with Gasteiger partial charge in [0, 0.05) is 24.2 Å². The second-order valence-corrected chi connectivity index (χ2v) is 10.3. The minimum absolute atomic E-state index is 0.0863. The number of aliphatic hydroxyl groups is 1. The highest BCUT2D eigenvalue weighted by atomic mass is 16.7. The normalized spacial score (nSPS) is 50.1. The Kier molecular flexibility index (Phi) is 4.24. The largest absolute Gasteiger partial charge is 0.377 e. The first-order valence-electron chi connectivity index (χ1n) is 11.0. The number of ether oxygens (including phenoxy) is 2. The lowest BCUT2D eigenvalue weighted by molar-refractivity contribution is -0.203. The van der Waals surface area contributed by atoms with Crippen LogP contribution in [0.15, 0.2) is 17.0 Å². The van der Waals surface area contributed by atoms with E-state index in [4.69, 9.17) is 20.7 Å². The molecule has 1 saturated heterocycles. The maximum Gasteiger partial charge on any atom is 0.172 e. The summed E-state index contributed by atoms with van der Waals surface area (Å²) in [5.74, 6) is 3.01. The molecule has 5 rings (SSSR count). The molecular formula is C23H31NO5. The highest BCUT2D eigenvalue weighted by Crippen LogP contribution is 2.68. The van der Waals surface area contributed by atoms with Gasteiger partial charge in [0.15, 0.2) is 11.1 Å². The monoisotopic (exact) mass is 401 g/mol. The molecule has 4 aliphatic carbocycles. The fraction of sp³-hybridized carbons (Fsp3) is 0.826. The Morgan fingerprint density at radius 1 is 1.28 bits per heavy atom. The van der Waals surface area contributed by atoms with Crippen molar-refractivity contribution in [1.82, 2.24) is 0 Å². The van der Waals surface area contributed by atoms with E-state index < -0.39 is 16.8 Å². The second kappa shape index (κ2) is 6.29. The third-order valence-corrected chi connectivity index (χ3v) is 9.41. The van der Waals surface area contributed by atoms with Crippen molar-refractivity contribution in [2.24, 2.45) is 33.9 Å². The van der Waals surface area contributed by atoms with Gasteiger partial charge in [-0.05, 0) is 49.4 Å². The van der Waals surface area contributed by atoms with E-state index in [0.29, 0.717) is 37.9 Å². The molecule has 3 saturated carbocycles. The molecule has 0 unspecified atom stereocenters. The molecule has 29 heavy (non-hydrogen) atoms. The van der Waals surface area contributed by atoms with Crippen LogP contribution < -0.4 is 0 Å². The Labute approximate surface area is 172 Å². The molecule has 0 radical (unpaired) electrons. The smallest absolute Gasteiger partial charge is 0.172 e. The molecule has 6 nitrogen and oxygen atoms in total. The zero-order valence-electron chi connectivity index (χ0n) is 17.4. The molecule has 0 bridgehead atoms. The van der Waals surface area contributed by atoms with Crippen molar-refractivity contribution >= 4 is 0 Å². The molecule has 6 heteroatoms. The van der Waals surface area contributed by atoms with Crippen LogP contribution in [-0.4, -0.2) is 35.8 Å². The van der Waals surface area contributed by atoms with Crippen molar-refractivity contribution < 1.29 is 19.4 Å². The molecule has 0 amide bonds. The van der Waals surface area contributed by atoms with Crippen molar-refractivity contribution in [2.75, 3.05) is 13.2 Å². The standard InChI is InChI=1S/C23H31NO5/c1-4-22(25)8-7-17-16-6-5-15-13-23(27-11-12-28-23)10-9-20(15,2)19(16)18(29-24-26)14-21(17,22)3/h1,5,16-19,25H,6-14H2,2-3H3/t16-,17-,18-,19+,20-,21-,22-/m0/s1. The summed E-state index contributed by atoms with van der Waals surface area (Å²) in [5.41, 5.74) is -0.342. The zero-order valence-corrected chi connectivity index (χ0v) is 17.4. The predicted octanol–water partition coefficient (Wildman–Crippen LogP) is 3.73. The van der Waals surface area contributed by atoms with Gasteiger partial charge in [0.1, 0.15) is 11.7 Å². The van der Waals surface area contributed by atoms with E-state index in [0.717, 1.165) is 32.1 Å². The van der Waals surface area contributed by atoms with Gasteiger partial charge in [0.05, 0.1) is 13.2 Å². The first kappa shape index (κ1) is 19.5. The zero-order chi connectivity index (χ0) is 20.5. The minimum atomic E-state index is -1.15. The Morgan fingerprint density at radius 2 is 2.03 bits per heavy atom. The van der Waals surface area contributed by atoms with Crippen LogP contribution in [-0.2, 0) is 14.3 Å². The highest BCUT2D eigenvalue weighted by Gasteiger charge is 2.67. The van der Waals surface area contributed by atoms with Gasteiger partial charge >= 0.3 is 0 Å². The number of nitrogens with zero attached hydrogens (tertiary/aromatic N) is 1. The molecule has 0 aromatic heterocycles. The predicted molar refractivity (Wildman–Crippen MR) is 106 cm³/mol. The Balaban J connectivity index is 1.54. The van der Waals surface area contributed by atoms with E-state index in [-0.39, 0.29) is 17.4 Å². The van der Waals surface area contributed by atoms with Crippen molar-refractivity contribution in [3.05, 3.63) is 16.6 Å².